The van der Waals surface area contributed by atoms with E-state index in [-0.39, 0.29) is 24.0 Å². The third-order valence-electron chi connectivity index (χ3n) is 4.56. The fourth-order valence-electron chi connectivity index (χ4n) is 3.09. The number of ether oxygens (including phenoxy) is 3. The van der Waals surface area contributed by atoms with E-state index in [2.05, 4.69) is 35.8 Å². The number of guanidine groups is 1. The van der Waals surface area contributed by atoms with Gasteiger partial charge < -0.3 is 24.8 Å². The van der Waals surface area contributed by atoms with Crippen LogP contribution in [0.1, 0.15) is 38.7 Å². The van der Waals surface area contributed by atoms with Crippen molar-refractivity contribution in [1.82, 2.24) is 10.6 Å². The van der Waals surface area contributed by atoms with E-state index in [0.29, 0.717) is 6.61 Å². The molecule has 6 nitrogen and oxygen atoms in total. The second kappa shape index (κ2) is 15.4. The van der Waals surface area contributed by atoms with E-state index in [0.717, 1.165) is 76.0 Å². The maximum absolute atomic E-state index is 5.65. The van der Waals surface area contributed by atoms with Crippen LogP contribution in [0.3, 0.4) is 0 Å². The Morgan fingerprint density at radius 1 is 1.17 bits per heavy atom. The molecule has 0 saturated carbocycles. The molecule has 7 heteroatoms. The number of aliphatic imine (C=N–C) groups is 1. The second-order valence-corrected chi connectivity index (χ2v) is 6.65. The summed E-state index contributed by atoms with van der Waals surface area (Å²) in [4.78, 5) is 4.70. The molecule has 0 radical (unpaired) electrons. The van der Waals surface area contributed by atoms with Gasteiger partial charge in [0.15, 0.2) is 17.5 Å². The van der Waals surface area contributed by atoms with Crippen LogP contribution in [0, 0.1) is 0 Å². The lowest BCUT2D eigenvalue weighted by molar-refractivity contribution is 0.153. The van der Waals surface area contributed by atoms with Gasteiger partial charge in [0.05, 0.1) is 26.9 Å². The molecule has 0 saturated heterocycles. The Morgan fingerprint density at radius 3 is 2.72 bits per heavy atom. The Kier molecular flexibility index (Phi) is 13.5. The van der Waals surface area contributed by atoms with Crippen molar-refractivity contribution in [2.75, 3.05) is 46.6 Å². The van der Waals surface area contributed by atoms with Gasteiger partial charge in [0.2, 0.25) is 0 Å². The summed E-state index contributed by atoms with van der Waals surface area (Å²) in [5.41, 5.74) is 2.71. The van der Waals surface area contributed by atoms with Crippen LogP contribution >= 0.6 is 24.0 Å². The van der Waals surface area contributed by atoms with Crippen LogP contribution in [0.4, 0.5) is 0 Å². The number of nitrogens with one attached hydrogen (secondary N) is 2. The zero-order valence-electron chi connectivity index (χ0n) is 18.0. The van der Waals surface area contributed by atoms with Crippen LogP contribution in [0.25, 0.3) is 0 Å². The van der Waals surface area contributed by atoms with Crippen molar-refractivity contribution in [2.24, 2.45) is 4.99 Å². The molecule has 0 atom stereocenters. The molecule has 0 aromatic heterocycles. The molecule has 1 aromatic rings. The van der Waals surface area contributed by atoms with Crippen molar-refractivity contribution < 1.29 is 14.2 Å². The summed E-state index contributed by atoms with van der Waals surface area (Å²) in [7, 11) is 1.67. The molecule has 0 unspecified atom stereocenters. The highest BCUT2D eigenvalue weighted by Gasteiger charge is 2.06. The van der Waals surface area contributed by atoms with Gasteiger partial charge in [-0.3, -0.25) is 4.99 Å². The molecule has 0 bridgehead atoms. The van der Waals surface area contributed by atoms with Crippen LogP contribution in [0.15, 0.2) is 34.8 Å². The predicted octanol–water partition coefficient (Wildman–Crippen LogP) is 3.94. The van der Waals surface area contributed by atoms with Gasteiger partial charge in [-0.25, -0.2) is 0 Å². The molecule has 0 amide bonds. The Balaban J connectivity index is 0.00000420. The van der Waals surface area contributed by atoms with Crippen molar-refractivity contribution in [3.8, 4) is 11.5 Å². The molecule has 2 N–H and O–H groups in total. The van der Waals surface area contributed by atoms with E-state index in [1.165, 1.54) is 11.1 Å². The first-order valence-corrected chi connectivity index (χ1v) is 10.3. The van der Waals surface area contributed by atoms with E-state index in [1.54, 1.807) is 7.11 Å². The average molecular weight is 517 g/mol. The summed E-state index contributed by atoms with van der Waals surface area (Å²) < 4.78 is 16.4. The standard InChI is InChI=1S/C22H35N3O3.HI/c1-4-23-22(25-14-10-18-11-15-27-16-12-18)24-13-6-7-19-8-9-20(26-3)21(17-19)28-5-2;/h8-9,11,17H,4-7,10,12-16H2,1-3H3,(H2,23,24,25);1H. The van der Waals surface area contributed by atoms with Gasteiger partial charge in [-0.2, -0.15) is 0 Å². The number of rotatable bonds is 11. The van der Waals surface area contributed by atoms with Gasteiger partial charge in [-0.05, 0) is 57.2 Å². The van der Waals surface area contributed by atoms with E-state index >= 15 is 0 Å². The van der Waals surface area contributed by atoms with Crippen LogP contribution < -0.4 is 20.1 Å². The molecule has 29 heavy (non-hydrogen) atoms. The Bertz CT molecular complexity index is 650. The van der Waals surface area contributed by atoms with Crippen LogP contribution in [0.2, 0.25) is 0 Å². The number of halogens is 1. The molecule has 1 heterocycles. The van der Waals surface area contributed by atoms with Gasteiger partial charge in [0.1, 0.15) is 0 Å². The summed E-state index contributed by atoms with van der Waals surface area (Å²) in [6.07, 6.45) is 6.22. The zero-order valence-corrected chi connectivity index (χ0v) is 20.3. The van der Waals surface area contributed by atoms with Crippen molar-refractivity contribution >= 4 is 29.9 Å². The lowest BCUT2D eigenvalue weighted by Crippen LogP contribution is -2.38. The molecule has 1 aliphatic rings. The molecule has 0 aliphatic carbocycles. The third kappa shape index (κ3) is 9.71. The molecule has 1 aromatic carbocycles. The molecular formula is C22H36IN3O3. The lowest BCUT2D eigenvalue weighted by atomic mass is 10.1. The lowest BCUT2D eigenvalue weighted by Gasteiger charge is -2.15. The second-order valence-electron chi connectivity index (χ2n) is 6.65. The fraction of sp³-hybridized carbons (Fsp3) is 0.591. The molecule has 0 spiro atoms. The van der Waals surface area contributed by atoms with Crippen LogP contribution in [-0.4, -0.2) is 52.5 Å². The number of methoxy groups -OCH3 is 1. The number of nitrogens with zero attached hydrogens (tertiary/aromatic N) is 1. The molecule has 2 rings (SSSR count). The monoisotopic (exact) mass is 517 g/mol. The fourth-order valence-corrected chi connectivity index (χ4v) is 3.09. The number of aryl methyl sites for hydroxylation is 1. The van der Waals surface area contributed by atoms with Gasteiger partial charge >= 0.3 is 0 Å². The number of hydrogen-bond acceptors (Lipinski definition) is 4. The minimum atomic E-state index is 0. The van der Waals surface area contributed by atoms with Crippen molar-refractivity contribution in [3.63, 3.8) is 0 Å². The zero-order chi connectivity index (χ0) is 20.0. The van der Waals surface area contributed by atoms with Gasteiger partial charge in [0, 0.05) is 19.6 Å². The van der Waals surface area contributed by atoms with E-state index in [9.17, 15) is 0 Å². The molecule has 164 valence electrons. The van der Waals surface area contributed by atoms with Gasteiger partial charge in [0.25, 0.3) is 0 Å². The first-order valence-electron chi connectivity index (χ1n) is 10.3. The number of benzene rings is 1. The summed E-state index contributed by atoms with van der Waals surface area (Å²) in [5, 5.41) is 6.75. The van der Waals surface area contributed by atoms with Crippen molar-refractivity contribution in [1.29, 1.82) is 0 Å². The van der Waals surface area contributed by atoms with Crippen molar-refractivity contribution in [3.05, 3.63) is 35.4 Å². The first-order chi connectivity index (χ1) is 13.8. The highest BCUT2D eigenvalue weighted by molar-refractivity contribution is 14.0. The maximum Gasteiger partial charge on any atom is 0.191 e. The predicted molar refractivity (Wildman–Crippen MR) is 130 cm³/mol. The molecule has 1 aliphatic heterocycles. The van der Waals surface area contributed by atoms with Crippen molar-refractivity contribution in [2.45, 2.75) is 39.5 Å². The summed E-state index contributed by atoms with van der Waals surface area (Å²) in [6, 6.07) is 6.13. The highest BCUT2D eigenvalue weighted by atomic mass is 127. The third-order valence-corrected chi connectivity index (χ3v) is 4.56. The van der Waals surface area contributed by atoms with Gasteiger partial charge in [-0.15, -0.1) is 24.0 Å². The summed E-state index contributed by atoms with van der Waals surface area (Å²) >= 11 is 0. The smallest absolute Gasteiger partial charge is 0.191 e. The Hall–Kier alpha value is -1.48. The van der Waals surface area contributed by atoms with Crippen LogP contribution in [-0.2, 0) is 11.2 Å². The first kappa shape index (κ1) is 25.6. The van der Waals surface area contributed by atoms with E-state index < -0.39 is 0 Å². The summed E-state index contributed by atoms with van der Waals surface area (Å²) in [6.45, 7) is 8.83. The molecular weight excluding hydrogens is 481 g/mol. The normalized spacial score (nSPS) is 13.9. The van der Waals surface area contributed by atoms with Gasteiger partial charge in [-0.1, -0.05) is 17.7 Å². The number of hydrogen-bond donors (Lipinski definition) is 2. The molecule has 0 fully saturated rings. The highest BCUT2D eigenvalue weighted by Crippen LogP contribution is 2.28. The minimum Gasteiger partial charge on any atom is -0.493 e. The topological polar surface area (TPSA) is 64.1 Å². The minimum absolute atomic E-state index is 0. The van der Waals surface area contributed by atoms with E-state index in [4.69, 9.17) is 19.2 Å². The quantitative estimate of drug-likeness (QED) is 0.153. The average Bonchev–Trinajstić information content (AvgIpc) is 2.72. The Labute approximate surface area is 192 Å². The largest absolute Gasteiger partial charge is 0.493 e. The Morgan fingerprint density at radius 2 is 2.03 bits per heavy atom. The summed E-state index contributed by atoms with van der Waals surface area (Å²) in [5.74, 6) is 2.48. The van der Waals surface area contributed by atoms with E-state index in [1.807, 2.05) is 13.0 Å². The maximum atomic E-state index is 5.65. The van der Waals surface area contributed by atoms with Crippen LogP contribution in [0.5, 0.6) is 11.5 Å². The SMILES string of the molecule is CCNC(=NCCCc1ccc(OC)c(OCC)c1)NCCC1=CCOCC1.I.